The summed E-state index contributed by atoms with van der Waals surface area (Å²) >= 11 is 0. The lowest BCUT2D eigenvalue weighted by atomic mass is 10.1. The molecule has 0 radical (unpaired) electrons. The highest BCUT2D eigenvalue weighted by molar-refractivity contribution is 6.01. The second kappa shape index (κ2) is 22.6. The molecule has 4 aliphatic rings. The van der Waals surface area contributed by atoms with Crippen molar-refractivity contribution >= 4 is 47.1 Å². The second-order valence-corrected chi connectivity index (χ2v) is 13.6. The van der Waals surface area contributed by atoms with Gasteiger partial charge in [-0.25, -0.2) is 19.2 Å². The lowest BCUT2D eigenvalue weighted by Gasteiger charge is -2.28. The summed E-state index contributed by atoms with van der Waals surface area (Å²) in [4.78, 5) is 61.4. The van der Waals surface area contributed by atoms with Crippen LogP contribution in [-0.2, 0) is 54.7 Å². The molecule has 62 heavy (non-hydrogen) atoms. The van der Waals surface area contributed by atoms with Crippen molar-refractivity contribution in [2.45, 2.75) is 38.1 Å². The van der Waals surface area contributed by atoms with Crippen molar-refractivity contribution in [1.29, 1.82) is 0 Å². The average Bonchev–Trinajstić information content (AvgIpc) is 3.85. The largest absolute Gasteiger partial charge is 0.486 e. The molecule has 2 amide bonds. The Morgan fingerprint density at radius 1 is 0.548 bits per heavy atom. The number of nitrogens with one attached hydrogen (secondary N) is 4. The van der Waals surface area contributed by atoms with Gasteiger partial charge in [-0.1, -0.05) is 60.7 Å². The second-order valence-electron chi connectivity index (χ2n) is 13.6. The molecule has 2 atom stereocenters. The molecule has 0 saturated heterocycles. The van der Waals surface area contributed by atoms with Gasteiger partial charge in [0.1, 0.15) is 25.4 Å². The molecular weight excluding hydrogens is 808 g/mol. The number of anilines is 2. The molecule has 4 aromatic rings. The van der Waals surface area contributed by atoms with Crippen LogP contribution in [-0.4, -0.2) is 94.6 Å². The van der Waals surface area contributed by atoms with Crippen LogP contribution in [0.5, 0.6) is 23.0 Å². The molecule has 18 nitrogen and oxygen atoms in total. The van der Waals surface area contributed by atoms with Crippen LogP contribution >= 0.6 is 0 Å². The fourth-order valence-corrected chi connectivity index (χ4v) is 6.19. The zero-order chi connectivity index (χ0) is 44.4. The monoisotopic (exact) mass is 852 g/mol. The summed E-state index contributed by atoms with van der Waals surface area (Å²) in [6.07, 6.45) is 2.81. The zero-order valence-corrected chi connectivity index (χ0v) is 33.1. The van der Waals surface area contributed by atoms with Crippen molar-refractivity contribution in [2.24, 2.45) is 0 Å². The minimum Gasteiger partial charge on any atom is -0.486 e. The van der Waals surface area contributed by atoms with Crippen molar-refractivity contribution < 1.29 is 68.1 Å². The SMILES string of the molecule is O=C(O)/C=C/C(=O)O.O=C(O)/C=C/C(=O)O.O=C1Cc2c(ccc3c2O[C@@H](CNCc2ccccc2)CO3)N1.O=C1Cc2c(ccc3c2O[C@@H](CNCc2ccccc2)CO3)N1. The van der Waals surface area contributed by atoms with Gasteiger partial charge in [0, 0.05) is 73.0 Å². The molecule has 4 heterocycles. The molecule has 324 valence electrons. The van der Waals surface area contributed by atoms with Crippen molar-refractivity contribution in [3.05, 3.63) is 131 Å². The molecule has 0 spiro atoms. The zero-order valence-electron chi connectivity index (χ0n) is 33.1. The van der Waals surface area contributed by atoms with Crippen LogP contribution < -0.4 is 40.2 Å². The number of hydrogen-bond acceptors (Lipinski definition) is 12. The number of benzene rings is 4. The normalized spacial score (nSPS) is 16.1. The van der Waals surface area contributed by atoms with Gasteiger partial charge in [0.25, 0.3) is 0 Å². The van der Waals surface area contributed by atoms with Gasteiger partial charge < -0.3 is 60.6 Å². The first-order valence-electron chi connectivity index (χ1n) is 19.1. The number of carboxylic acids is 4. The lowest BCUT2D eigenvalue weighted by Crippen LogP contribution is -2.38. The number of amides is 2. The maximum absolute atomic E-state index is 11.6. The number of ether oxygens (including phenoxy) is 4. The van der Waals surface area contributed by atoms with Crippen LogP contribution in [0.15, 0.2) is 109 Å². The smallest absolute Gasteiger partial charge is 0.328 e. The van der Waals surface area contributed by atoms with Crippen LogP contribution in [0.25, 0.3) is 0 Å². The predicted molar refractivity (Wildman–Crippen MR) is 222 cm³/mol. The standard InChI is InChI=1S/2C18H18N2O3.2C4H4O4/c2*21-17-8-14-15(20-17)6-7-16-18(14)23-13(11-22-16)10-19-9-12-4-2-1-3-5-12;2*5-3(6)1-2-4(7)8/h2*1-7,13,19H,8-11H2,(H,20,21);2*1-2H,(H,5,6)(H,7,8)/b;;2*2-1+/t2*13-;;/m00../s1. The van der Waals surface area contributed by atoms with E-state index in [-0.39, 0.29) is 24.0 Å². The Balaban J connectivity index is 0.000000175. The molecular formula is C44H44N4O14. The minimum absolute atomic E-state index is 0.00123. The molecule has 0 aromatic heterocycles. The van der Waals surface area contributed by atoms with Gasteiger partial charge in [0.15, 0.2) is 23.0 Å². The Labute approximate surface area is 354 Å². The fourth-order valence-electron chi connectivity index (χ4n) is 6.19. The topological polar surface area (TPSA) is 268 Å². The molecule has 4 aliphatic heterocycles. The van der Waals surface area contributed by atoms with E-state index in [1.54, 1.807) is 0 Å². The van der Waals surface area contributed by atoms with E-state index < -0.39 is 23.9 Å². The van der Waals surface area contributed by atoms with Crippen LogP contribution in [0.3, 0.4) is 0 Å². The van der Waals surface area contributed by atoms with Crippen LogP contribution in [0.2, 0.25) is 0 Å². The predicted octanol–water partition coefficient (Wildman–Crippen LogP) is 3.65. The number of carbonyl (C=O) groups is 6. The molecule has 18 heteroatoms. The Bertz CT molecular complexity index is 2110. The van der Waals surface area contributed by atoms with Gasteiger partial charge >= 0.3 is 23.9 Å². The molecule has 0 unspecified atom stereocenters. The lowest BCUT2D eigenvalue weighted by molar-refractivity contribution is -0.134. The highest BCUT2D eigenvalue weighted by Crippen LogP contribution is 2.43. The maximum atomic E-state index is 11.6. The highest BCUT2D eigenvalue weighted by atomic mass is 16.6. The van der Waals surface area contributed by atoms with E-state index in [2.05, 4.69) is 45.5 Å². The molecule has 0 saturated carbocycles. The average molecular weight is 853 g/mol. The van der Waals surface area contributed by atoms with Crippen LogP contribution in [0.1, 0.15) is 22.3 Å². The van der Waals surface area contributed by atoms with Crippen molar-refractivity contribution in [1.82, 2.24) is 10.6 Å². The van der Waals surface area contributed by atoms with Gasteiger partial charge in [0.2, 0.25) is 11.8 Å². The van der Waals surface area contributed by atoms with Crippen LogP contribution in [0.4, 0.5) is 11.4 Å². The summed E-state index contributed by atoms with van der Waals surface area (Å²) in [6, 6.07) is 27.9. The minimum atomic E-state index is -1.26. The summed E-state index contributed by atoms with van der Waals surface area (Å²) in [6.45, 7) is 3.99. The summed E-state index contributed by atoms with van der Waals surface area (Å²) in [5.41, 5.74) is 5.94. The highest BCUT2D eigenvalue weighted by Gasteiger charge is 2.31. The fraction of sp³-hybridized carbons (Fsp3) is 0.227. The number of carboxylic acid groups (broad SMARTS) is 4. The molecule has 8 N–H and O–H groups in total. The van der Waals surface area contributed by atoms with E-state index in [1.807, 2.05) is 60.7 Å². The molecule has 0 fully saturated rings. The number of rotatable bonds is 12. The number of aliphatic carboxylic acids is 4. The quantitative estimate of drug-likeness (QED) is 0.0946. The first-order chi connectivity index (χ1) is 29.8. The molecule has 4 aromatic carbocycles. The van der Waals surface area contributed by atoms with Crippen molar-refractivity contribution in [3.8, 4) is 23.0 Å². The Morgan fingerprint density at radius 3 is 1.24 bits per heavy atom. The Kier molecular flexibility index (Phi) is 16.6. The summed E-state index contributed by atoms with van der Waals surface area (Å²) in [5.74, 6) is -2.17. The van der Waals surface area contributed by atoms with E-state index in [4.69, 9.17) is 39.4 Å². The number of fused-ring (bicyclic) bond motifs is 6. The van der Waals surface area contributed by atoms with Crippen molar-refractivity contribution in [2.75, 3.05) is 36.9 Å². The van der Waals surface area contributed by atoms with Gasteiger partial charge in [-0.3, -0.25) is 9.59 Å². The number of hydrogen-bond donors (Lipinski definition) is 8. The molecule has 0 aliphatic carbocycles. The first kappa shape index (κ1) is 45.4. The Morgan fingerprint density at radius 2 is 0.903 bits per heavy atom. The van der Waals surface area contributed by atoms with E-state index in [9.17, 15) is 28.8 Å². The van der Waals surface area contributed by atoms with E-state index in [0.717, 1.165) is 47.1 Å². The van der Waals surface area contributed by atoms with Gasteiger partial charge in [-0.2, -0.15) is 0 Å². The summed E-state index contributed by atoms with van der Waals surface area (Å²) in [7, 11) is 0. The number of carbonyl (C=O) groups excluding carboxylic acids is 2. The van der Waals surface area contributed by atoms with E-state index in [1.165, 1.54) is 11.1 Å². The third-order valence-corrected chi connectivity index (χ3v) is 8.91. The summed E-state index contributed by atoms with van der Waals surface area (Å²) < 4.78 is 23.8. The van der Waals surface area contributed by atoms with Gasteiger partial charge in [-0.15, -0.1) is 0 Å². The molecule has 0 bridgehead atoms. The van der Waals surface area contributed by atoms with Crippen molar-refractivity contribution in [3.63, 3.8) is 0 Å². The third kappa shape index (κ3) is 14.2. The third-order valence-electron chi connectivity index (χ3n) is 8.91. The maximum Gasteiger partial charge on any atom is 0.328 e. The van der Waals surface area contributed by atoms with Gasteiger partial charge in [0.05, 0.1) is 12.8 Å². The van der Waals surface area contributed by atoms with Gasteiger partial charge in [-0.05, 0) is 35.4 Å². The summed E-state index contributed by atoms with van der Waals surface area (Å²) in [5, 5.41) is 43.7. The Hall–Kier alpha value is -7.70. The van der Waals surface area contributed by atoms with Crippen LogP contribution in [0, 0.1) is 0 Å². The first-order valence-corrected chi connectivity index (χ1v) is 19.1. The molecule has 8 rings (SSSR count). The van der Waals surface area contributed by atoms with E-state index >= 15 is 0 Å². The van der Waals surface area contributed by atoms with E-state index in [0.29, 0.717) is 74.9 Å².